The molecule has 2 rings (SSSR count). The third-order valence-electron chi connectivity index (χ3n) is 2.78. The molecule has 1 fully saturated rings. The van der Waals surface area contributed by atoms with E-state index in [9.17, 15) is 0 Å². The second-order valence-corrected chi connectivity index (χ2v) is 4.11. The Labute approximate surface area is 90.5 Å². The Morgan fingerprint density at radius 3 is 3.13 bits per heavy atom. The number of aryl methyl sites for hydroxylation is 1. The van der Waals surface area contributed by atoms with Gasteiger partial charge in [-0.05, 0) is 13.0 Å². The van der Waals surface area contributed by atoms with Gasteiger partial charge in [-0.1, -0.05) is 6.92 Å². The van der Waals surface area contributed by atoms with E-state index < -0.39 is 0 Å². The minimum atomic E-state index is 0.652. The monoisotopic (exact) mass is 209 g/mol. The second kappa shape index (κ2) is 4.72. The van der Waals surface area contributed by atoms with Crippen LogP contribution in [-0.4, -0.2) is 45.3 Å². The maximum absolute atomic E-state index is 4.29. The average molecular weight is 209 g/mol. The van der Waals surface area contributed by atoms with Crippen molar-refractivity contribution in [2.24, 2.45) is 7.05 Å². The van der Waals surface area contributed by atoms with Crippen molar-refractivity contribution in [3.05, 3.63) is 12.2 Å². The summed E-state index contributed by atoms with van der Waals surface area (Å²) in [6.45, 7) is 6.36. The van der Waals surface area contributed by atoms with E-state index in [1.807, 2.05) is 7.05 Å². The van der Waals surface area contributed by atoms with E-state index in [4.69, 9.17) is 0 Å². The van der Waals surface area contributed by atoms with Crippen molar-refractivity contribution in [2.75, 3.05) is 19.6 Å². The molecule has 0 spiro atoms. The van der Waals surface area contributed by atoms with Gasteiger partial charge in [-0.25, -0.2) is 4.98 Å². The second-order valence-electron chi connectivity index (χ2n) is 4.11. The highest BCUT2D eigenvalue weighted by Gasteiger charge is 2.22. The van der Waals surface area contributed by atoms with Crippen molar-refractivity contribution in [1.82, 2.24) is 25.0 Å². The first-order chi connectivity index (χ1) is 7.28. The summed E-state index contributed by atoms with van der Waals surface area (Å²) in [5.41, 5.74) is 0. The maximum atomic E-state index is 4.29. The fraction of sp³-hybridized carbons (Fsp3) is 0.800. The van der Waals surface area contributed by atoms with Gasteiger partial charge in [0, 0.05) is 26.2 Å². The third-order valence-corrected chi connectivity index (χ3v) is 2.78. The zero-order valence-electron chi connectivity index (χ0n) is 9.48. The first-order valence-corrected chi connectivity index (χ1v) is 5.58. The molecule has 2 heterocycles. The summed E-state index contributed by atoms with van der Waals surface area (Å²) in [4.78, 5) is 6.65. The van der Waals surface area contributed by atoms with E-state index >= 15 is 0 Å². The van der Waals surface area contributed by atoms with Gasteiger partial charge in [0.1, 0.15) is 6.33 Å². The Balaban J connectivity index is 1.82. The molecule has 0 radical (unpaired) electrons. The molecule has 1 aliphatic rings. The minimum Gasteiger partial charge on any atom is -0.313 e. The number of nitrogens with one attached hydrogen (secondary N) is 1. The van der Waals surface area contributed by atoms with Crippen molar-refractivity contribution >= 4 is 0 Å². The highest BCUT2D eigenvalue weighted by molar-refractivity contribution is 4.87. The molecule has 5 heteroatoms. The molecule has 15 heavy (non-hydrogen) atoms. The van der Waals surface area contributed by atoms with Crippen LogP contribution in [0.4, 0.5) is 0 Å². The summed E-state index contributed by atoms with van der Waals surface area (Å²) in [5.74, 6) is 0.926. The molecule has 1 unspecified atom stereocenters. The molecule has 5 nitrogen and oxygen atoms in total. The van der Waals surface area contributed by atoms with E-state index in [1.165, 1.54) is 6.42 Å². The molecule has 84 valence electrons. The molecule has 0 saturated carbocycles. The van der Waals surface area contributed by atoms with Crippen LogP contribution in [0.2, 0.25) is 0 Å². The molecule has 0 aromatic carbocycles. The van der Waals surface area contributed by atoms with Gasteiger partial charge in [0.15, 0.2) is 5.82 Å². The van der Waals surface area contributed by atoms with E-state index in [2.05, 4.69) is 27.2 Å². The van der Waals surface area contributed by atoms with Crippen molar-refractivity contribution in [2.45, 2.75) is 25.9 Å². The van der Waals surface area contributed by atoms with E-state index in [1.54, 1.807) is 11.0 Å². The first-order valence-electron chi connectivity index (χ1n) is 5.58. The van der Waals surface area contributed by atoms with Crippen LogP contribution in [0.3, 0.4) is 0 Å². The molecule has 1 N–H and O–H groups in total. The Hall–Kier alpha value is -0.940. The Bertz CT molecular complexity index is 309. The van der Waals surface area contributed by atoms with Crippen LogP contribution in [0.15, 0.2) is 6.33 Å². The SMILES string of the molecule is CCNC1CCN(Cc2ncn(C)n2)C1. The normalized spacial score (nSPS) is 22.4. The predicted molar refractivity (Wildman–Crippen MR) is 58.4 cm³/mol. The standard InChI is InChI=1S/C10H19N5/c1-3-11-9-4-5-15(6-9)7-10-12-8-14(2)13-10/h8-9,11H,3-7H2,1-2H3. The van der Waals surface area contributed by atoms with Gasteiger partial charge in [-0.3, -0.25) is 9.58 Å². The lowest BCUT2D eigenvalue weighted by Crippen LogP contribution is -2.32. The molecular formula is C10H19N5. The number of aromatic nitrogens is 3. The summed E-state index contributed by atoms with van der Waals surface area (Å²) >= 11 is 0. The van der Waals surface area contributed by atoms with E-state index in [0.29, 0.717) is 6.04 Å². The topological polar surface area (TPSA) is 46.0 Å². The first kappa shape index (κ1) is 10.6. The van der Waals surface area contributed by atoms with Gasteiger partial charge in [0.05, 0.1) is 6.54 Å². The van der Waals surface area contributed by atoms with Crippen LogP contribution in [0.5, 0.6) is 0 Å². The molecule has 0 aliphatic carbocycles. The highest BCUT2D eigenvalue weighted by atomic mass is 15.3. The number of likely N-dealkylation sites (tertiary alicyclic amines) is 1. The lowest BCUT2D eigenvalue weighted by Gasteiger charge is -2.14. The minimum absolute atomic E-state index is 0.652. The zero-order valence-corrected chi connectivity index (χ0v) is 9.48. The van der Waals surface area contributed by atoms with Crippen molar-refractivity contribution in [3.8, 4) is 0 Å². The van der Waals surface area contributed by atoms with Crippen LogP contribution in [0, 0.1) is 0 Å². The van der Waals surface area contributed by atoms with Crippen molar-refractivity contribution in [1.29, 1.82) is 0 Å². The molecule has 1 aliphatic heterocycles. The highest BCUT2D eigenvalue weighted by Crippen LogP contribution is 2.11. The Kier molecular flexibility index (Phi) is 3.33. The van der Waals surface area contributed by atoms with Crippen LogP contribution in [0.1, 0.15) is 19.2 Å². The van der Waals surface area contributed by atoms with Gasteiger partial charge in [-0.2, -0.15) is 5.10 Å². The molecule has 0 amide bonds. The van der Waals surface area contributed by atoms with Crippen molar-refractivity contribution in [3.63, 3.8) is 0 Å². The summed E-state index contributed by atoms with van der Waals surface area (Å²) < 4.78 is 1.76. The van der Waals surface area contributed by atoms with Crippen LogP contribution >= 0.6 is 0 Å². The van der Waals surface area contributed by atoms with Crippen LogP contribution < -0.4 is 5.32 Å². The number of nitrogens with zero attached hydrogens (tertiary/aromatic N) is 4. The molecule has 1 atom stereocenters. The van der Waals surface area contributed by atoms with Crippen LogP contribution in [-0.2, 0) is 13.6 Å². The molecule has 1 aromatic rings. The quantitative estimate of drug-likeness (QED) is 0.758. The average Bonchev–Trinajstić information content (AvgIpc) is 2.78. The zero-order chi connectivity index (χ0) is 10.7. The smallest absolute Gasteiger partial charge is 0.164 e. The lowest BCUT2D eigenvalue weighted by molar-refractivity contribution is 0.312. The molecular weight excluding hydrogens is 190 g/mol. The van der Waals surface area contributed by atoms with Gasteiger partial charge in [0.2, 0.25) is 0 Å². The fourth-order valence-electron chi connectivity index (χ4n) is 2.09. The van der Waals surface area contributed by atoms with E-state index in [0.717, 1.165) is 32.0 Å². The predicted octanol–water partition coefficient (Wildman–Crippen LogP) is -0.00110. The van der Waals surface area contributed by atoms with Gasteiger partial charge < -0.3 is 5.32 Å². The third kappa shape index (κ3) is 2.76. The molecule has 1 aromatic heterocycles. The maximum Gasteiger partial charge on any atom is 0.164 e. The lowest BCUT2D eigenvalue weighted by atomic mass is 10.3. The summed E-state index contributed by atoms with van der Waals surface area (Å²) in [5, 5.41) is 7.77. The number of rotatable bonds is 4. The summed E-state index contributed by atoms with van der Waals surface area (Å²) in [7, 11) is 1.90. The van der Waals surface area contributed by atoms with Gasteiger partial charge >= 0.3 is 0 Å². The Morgan fingerprint density at radius 2 is 2.47 bits per heavy atom. The number of likely N-dealkylation sites (N-methyl/N-ethyl adjacent to an activating group) is 1. The number of hydrogen-bond acceptors (Lipinski definition) is 4. The fourth-order valence-corrected chi connectivity index (χ4v) is 2.09. The molecule has 1 saturated heterocycles. The summed E-state index contributed by atoms with van der Waals surface area (Å²) in [6, 6.07) is 0.652. The van der Waals surface area contributed by atoms with E-state index in [-0.39, 0.29) is 0 Å². The number of hydrogen-bond donors (Lipinski definition) is 1. The van der Waals surface area contributed by atoms with Gasteiger partial charge in [0.25, 0.3) is 0 Å². The molecule has 0 bridgehead atoms. The van der Waals surface area contributed by atoms with Crippen LogP contribution in [0.25, 0.3) is 0 Å². The van der Waals surface area contributed by atoms with Gasteiger partial charge in [-0.15, -0.1) is 0 Å². The Morgan fingerprint density at radius 1 is 1.60 bits per heavy atom. The largest absolute Gasteiger partial charge is 0.313 e. The van der Waals surface area contributed by atoms with Crippen molar-refractivity contribution < 1.29 is 0 Å². The summed E-state index contributed by atoms with van der Waals surface area (Å²) in [6.07, 6.45) is 2.99.